The number of aromatic nitrogens is 3. The first kappa shape index (κ1) is 18.9. The molecule has 158 valence electrons. The second-order valence-electron chi connectivity index (χ2n) is 8.46. The van der Waals surface area contributed by atoms with Crippen molar-refractivity contribution in [3.8, 4) is 22.5 Å². The third kappa shape index (κ3) is 2.74. The number of hydrogen-bond donors (Lipinski definition) is 0. The number of fused-ring (bicyclic) bond motifs is 4. The van der Waals surface area contributed by atoms with Gasteiger partial charge < -0.3 is 0 Å². The fraction of sp³-hybridized carbons (Fsp3) is 0. The molecular weight excluding hydrogens is 414 g/mol. The average Bonchev–Trinajstić information content (AvgIpc) is 2.91. The molecule has 0 N–H and O–H groups in total. The van der Waals surface area contributed by atoms with Crippen molar-refractivity contribution in [2.24, 2.45) is 0 Å². The van der Waals surface area contributed by atoms with E-state index in [9.17, 15) is 0 Å². The Morgan fingerprint density at radius 1 is 0.353 bits per heavy atom. The summed E-state index contributed by atoms with van der Waals surface area (Å²) in [5, 5.41) is 7.96. The molecule has 0 radical (unpaired) electrons. The largest absolute Gasteiger partial charge is 0.256 e. The van der Waals surface area contributed by atoms with Crippen molar-refractivity contribution in [3.63, 3.8) is 0 Å². The molecule has 3 aromatic heterocycles. The Kier molecular flexibility index (Phi) is 4.15. The lowest BCUT2D eigenvalue weighted by Crippen LogP contribution is -1.96. The van der Waals surface area contributed by atoms with Crippen molar-refractivity contribution in [2.45, 2.75) is 0 Å². The molecule has 0 aliphatic rings. The zero-order chi connectivity index (χ0) is 22.5. The van der Waals surface area contributed by atoms with Gasteiger partial charge in [-0.2, -0.15) is 0 Å². The number of hydrogen-bond acceptors (Lipinski definition) is 3. The second kappa shape index (κ2) is 7.46. The molecule has 0 spiro atoms. The van der Waals surface area contributed by atoms with Gasteiger partial charge in [0.25, 0.3) is 0 Å². The summed E-state index contributed by atoms with van der Waals surface area (Å²) in [6.45, 7) is 0. The third-order valence-corrected chi connectivity index (χ3v) is 6.60. The summed E-state index contributed by atoms with van der Waals surface area (Å²) in [5.74, 6) is 0. The molecule has 3 heterocycles. The van der Waals surface area contributed by atoms with Crippen molar-refractivity contribution in [3.05, 3.63) is 116 Å². The minimum absolute atomic E-state index is 0.940. The molecule has 4 aromatic carbocycles. The van der Waals surface area contributed by atoms with Crippen LogP contribution >= 0.6 is 0 Å². The molecule has 0 bridgehead atoms. The summed E-state index contributed by atoms with van der Waals surface area (Å²) >= 11 is 0. The zero-order valence-electron chi connectivity index (χ0n) is 18.3. The quantitative estimate of drug-likeness (QED) is 0.261. The highest BCUT2D eigenvalue weighted by Gasteiger charge is 2.20. The maximum absolute atomic E-state index is 4.91. The zero-order valence-corrected chi connectivity index (χ0v) is 18.3. The third-order valence-electron chi connectivity index (χ3n) is 6.60. The highest BCUT2D eigenvalue weighted by Crippen LogP contribution is 2.44. The Morgan fingerprint density at radius 2 is 0.853 bits per heavy atom. The van der Waals surface area contributed by atoms with Crippen molar-refractivity contribution < 1.29 is 0 Å². The lowest BCUT2D eigenvalue weighted by molar-refractivity contribution is 1.34. The normalized spacial score (nSPS) is 11.5. The van der Waals surface area contributed by atoms with Crippen molar-refractivity contribution in [1.29, 1.82) is 0 Å². The van der Waals surface area contributed by atoms with Crippen molar-refractivity contribution >= 4 is 43.2 Å². The van der Waals surface area contributed by atoms with E-state index in [-0.39, 0.29) is 0 Å². The highest BCUT2D eigenvalue weighted by molar-refractivity contribution is 6.23. The first-order valence-corrected chi connectivity index (χ1v) is 11.4. The predicted molar refractivity (Wildman–Crippen MR) is 141 cm³/mol. The van der Waals surface area contributed by atoms with Gasteiger partial charge in [-0.15, -0.1) is 0 Å². The van der Waals surface area contributed by atoms with Crippen LogP contribution in [0.5, 0.6) is 0 Å². The highest BCUT2D eigenvalue weighted by atomic mass is 14.7. The average molecular weight is 434 g/mol. The minimum atomic E-state index is 0.940. The lowest BCUT2D eigenvalue weighted by atomic mass is 9.89. The Morgan fingerprint density at radius 3 is 1.50 bits per heavy atom. The molecule has 0 saturated carbocycles. The molecule has 0 aliphatic carbocycles. The standard InChI is InChI=1S/C31H19N3/c1-3-10-22-20(8-1)15-18-33-29(22)27-24-12-5-6-13-25(24)28(31-26(27)14-7-17-32-31)30-23-11-4-2-9-21(23)16-19-34-30/h1-19H. The summed E-state index contributed by atoms with van der Waals surface area (Å²) < 4.78 is 0. The number of nitrogens with zero attached hydrogens (tertiary/aromatic N) is 3. The molecule has 0 unspecified atom stereocenters. The summed E-state index contributed by atoms with van der Waals surface area (Å²) in [6, 6.07) is 33.7. The molecule has 7 aromatic rings. The van der Waals surface area contributed by atoms with Crippen molar-refractivity contribution in [1.82, 2.24) is 15.0 Å². The van der Waals surface area contributed by atoms with Crippen LogP contribution in [0.3, 0.4) is 0 Å². The van der Waals surface area contributed by atoms with E-state index in [4.69, 9.17) is 15.0 Å². The Bertz CT molecular complexity index is 1670. The smallest absolute Gasteiger partial charge is 0.0809 e. The SMILES string of the molecule is c1ccc2c(-c3c4ccccc4c(-c4nccc5ccccc45)c4ncccc34)nccc2c1. The summed E-state index contributed by atoms with van der Waals surface area (Å²) in [4.78, 5) is 14.7. The molecule has 3 nitrogen and oxygen atoms in total. The van der Waals surface area contributed by atoms with Gasteiger partial charge in [-0.25, -0.2) is 0 Å². The van der Waals surface area contributed by atoms with E-state index in [0.29, 0.717) is 0 Å². The molecule has 0 atom stereocenters. The van der Waals surface area contributed by atoms with Gasteiger partial charge in [0.15, 0.2) is 0 Å². The van der Waals surface area contributed by atoms with Crippen LogP contribution in [0.15, 0.2) is 116 Å². The van der Waals surface area contributed by atoms with Crippen LogP contribution in [-0.4, -0.2) is 15.0 Å². The van der Waals surface area contributed by atoms with Gasteiger partial charge in [-0.3, -0.25) is 15.0 Å². The van der Waals surface area contributed by atoms with Gasteiger partial charge >= 0.3 is 0 Å². The van der Waals surface area contributed by atoms with E-state index in [1.54, 1.807) is 0 Å². The van der Waals surface area contributed by atoms with E-state index < -0.39 is 0 Å². The second-order valence-corrected chi connectivity index (χ2v) is 8.46. The number of benzene rings is 4. The molecule has 0 aliphatic heterocycles. The molecule has 3 heteroatoms. The fourth-order valence-electron chi connectivity index (χ4n) is 5.13. The summed E-state index contributed by atoms with van der Waals surface area (Å²) in [7, 11) is 0. The Hall–Kier alpha value is -4.63. The number of rotatable bonds is 2. The summed E-state index contributed by atoms with van der Waals surface area (Å²) in [5.41, 5.74) is 5.04. The van der Waals surface area contributed by atoms with Gasteiger partial charge in [0, 0.05) is 45.9 Å². The topological polar surface area (TPSA) is 38.7 Å². The lowest BCUT2D eigenvalue weighted by Gasteiger charge is -2.17. The van der Waals surface area contributed by atoms with Crippen LogP contribution in [-0.2, 0) is 0 Å². The Labute approximate surface area is 196 Å². The van der Waals surface area contributed by atoms with Gasteiger partial charge in [0.2, 0.25) is 0 Å². The van der Waals surface area contributed by atoms with E-state index in [0.717, 1.165) is 55.0 Å². The predicted octanol–water partition coefficient (Wildman–Crippen LogP) is 7.82. The minimum Gasteiger partial charge on any atom is -0.256 e. The van der Waals surface area contributed by atoms with Crippen LogP contribution in [0.25, 0.3) is 65.7 Å². The van der Waals surface area contributed by atoms with E-state index >= 15 is 0 Å². The molecule has 34 heavy (non-hydrogen) atoms. The van der Waals surface area contributed by atoms with Gasteiger partial charge in [-0.05, 0) is 39.7 Å². The van der Waals surface area contributed by atoms with E-state index in [1.807, 2.05) is 24.7 Å². The first-order chi connectivity index (χ1) is 16.9. The van der Waals surface area contributed by atoms with Crippen LogP contribution in [0.4, 0.5) is 0 Å². The number of pyridine rings is 3. The molecule has 0 saturated heterocycles. The van der Waals surface area contributed by atoms with Crippen LogP contribution in [0.1, 0.15) is 0 Å². The van der Waals surface area contributed by atoms with Crippen molar-refractivity contribution in [2.75, 3.05) is 0 Å². The van der Waals surface area contributed by atoms with Crippen LogP contribution < -0.4 is 0 Å². The molecule has 7 rings (SSSR count). The summed E-state index contributed by atoms with van der Waals surface area (Å²) in [6.07, 6.45) is 5.66. The van der Waals surface area contributed by atoms with E-state index in [1.165, 1.54) is 10.8 Å². The maximum atomic E-state index is 4.91. The maximum Gasteiger partial charge on any atom is 0.0809 e. The van der Waals surface area contributed by atoms with Crippen LogP contribution in [0, 0.1) is 0 Å². The van der Waals surface area contributed by atoms with Gasteiger partial charge in [0.05, 0.1) is 16.9 Å². The van der Waals surface area contributed by atoms with E-state index in [2.05, 4.69) is 91.0 Å². The molecule has 0 amide bonds. The Balaban J connectivity index is 1.70. The fourth-order valence-corrected chi connectivity index (χ4v) is 5.13. The first-order valence-electron chi connectivity index (χ1n) is 11.4. The van der Waals surface area contributed by atoms with Gasteiger partial charge in [0.1, 0.15) is 0 Å². The molecular formula is C31H19N3. The van der Waals surface area contributed by atoms with Gasteiger partial charge in [-0.1, -0.05) is 78.9 Å². The monoisotopic (exact) mass is 433 g/mol. The van der Waals surface area contributed by atoms with Crippen LogP contribution in [0.2, 0.25) is 0 Å². The molecule has 0 fully saturated rings.